The van der Waals surface area contributed by atoms with E-state index in [2.05, 4.69) is 57.7 Å². The predicted molar refractivity (Wildman–Crippen MR) is 130 cm³/mol. The van der Waals surface area contributed by atoms with Crippen molar-refractivity contribution in [1.29, 1.82) is 0 Å². The van der Waals surface area contributed by atoms with Crippen LogP contribution in [-0.2, 0) is 6.54 Å². The van der Waals surface area contributed by atoms with Crippen LogP contribution in [-0.4, -0.2) is 41.0 Å². The highest BCUT2D eigenvalue weighted by atomic mass is 32.2. The molecule has 1 saturated heterocycles. The summed E-state index contributed by atoms with van der Waals surface area (Å²) in [5.74, 6) is 0.102. The Morgan fingerprint density at radius 2 is 2.06 bits per heavy atom. The molecule has 0 aliphatic carbocycles. The molecule has 1 aromatic carbocycles. The van der Waals surface area contributed by atoms with Gasteiger partial charge in [0.05, 0.1) is 12.2 Å². The van der Waals surface area contributed by atoms with E-state index in [9.17, 15) is 4.39 Å². The third-order valence-electron chi connectivity index (χ3n) is 5.26. The number of benzene rings is 1. The van der Waals surface area contributed by atoms with Crippen molar-refractivity contribution in [3.63, 3.8) is 0 Å². The summed E-state index contributed by atoms with van der Waals surface area (Å²) in [6, 6.07) is 13.5. The van der Waals surface area contributed by atoms with Gasteiger partial charge in [0, 0.05) is 23.7 Å². The van der Waals surface area contributed by atoms with Crippen molar-refractivity contribution in [3.05, 3.63) is 71.4 Å². The standard InChI is InChI=1S/C24H32FN5S/c1-18(2)31-29-22-6-3-5-21(13-22)20-9-11-30(12-10-20)17-19(14-26)15-27-16-23-7-4-8-24(25)28-23/h3-8,13-15,18,20,29H,9-12,16-17,26H2,1-2H3. The summed E-state index contributed by atoms with van der Waals surface area (Å²) in [4.78, 5) is 10.6. The van der Waals surface area contributed by atoms with Crippen LogP contribution in [0.4, 0.5) is 10.1 Å². The minimum Gasteiger partial charge on any atom is -0.404 e. The zero-order valence-electron chi connectivity index (χ0n) is 18.3. The monoisotopic (exact) mass is 441 g/mol. The number of likely N-dealkylation sites (tertiary alicyclic amines) is 1. The molecule has 0 spiro atoms. The number of piperidine rings is 1. The van der Waals surface area contributed by atoms with Crippen molar-refractivity contribution in [3.8, 4) is 0 Å². The van der Waals surface area contributed by atoms with Gasteiger partial charge in [0.25, 0.3) is 0 Å². The number of rotatable bonds is 9. The van der Waals surface area contributed by atoms with Crippen molar-refractivity contribution in [2.75, 3.05) is 24.4 Å². The van der Waals surface area contributed by atoms with Gasteiger partial charge in [0.15, 0.2) is 0 Å². The fourth-order valence-electron chi connectivity index (χ4n) is 3.66. The number of aromatic nitrogens is 1. The lowest BCUT2D eigenvalue weighted by Crippen LogP contribution is -2.34. The molecule has 0 atom stereocenters. The van der Waals surface area contributed by atoms with Gasteiger partial charge in [-0.25, -0.2) is 4.98 Å². The number of anilines is 1. The molecule has 1 aliphatic rings. The van der Waals surface area contributed by atoms with Gasteiger partial charge in [-0.2, -0.15) is 4.39 Å². The molecule has 1 fully saturated rings. The van der Waals surface area contributed by atoms with Crippen LogP contribution < -0.4 is 10.5 Å². The molecule has 5 nitrogen and oxygen atoms in total. The van der Waals surface area contributed by atoms with Crippen LogP contribution in [0.25, 0.3) is 0 Å². The van der Waals surface area contributed by atoms with Gasteiger partial charge in [-0.15, -0.1) is 0 Å². The molecule has 2 aromatic rings. The Bertz CT molecular complexity index is 891. The zero-order chi connectivity index (χ0) is 22.1. The minimum absolute atomic E-state index is 0.344. The van der Waals surface area contributed by atoms with Crippen molar-refractivity contribution in [2.24, 2.45) is 10.7 Å². The normalized spacial score (nSPS) is 16.3. The number of hydrogen-bond acceptors (Lipinski definition) is 6. The van der Waals surface area contributed by atoms with E-state index in [1.165, 1.54) is 17.3 Å². The molecule has 1 aliphatic heterocycles. The highest BCUT2D eigenvalue weighted by Crippen LogP contribution is 2.30. The van der Waals surface area contributed by atoms with E-state index in [0.717, 1.165) is 38.0 Å². The fraction of sp³-hybridized carbons (Fsp3) is 0.417. The number of nitrogens with one attached hydrogen (secondary N) is 1. The third-order valence-corrected chi connectivity index (χ3v) is 6.09. The van der Waals surface area contributed by atoms with E-state index in [4.69, 9.17) is 5.73 Å². The molecule has 2 heterocycles. The Hall–Kier alpha value is -2.38. The SMILES string of the molecule is CC(C)SNc1cccc(C2CCN(CC(C=NCc3cccc(F)n3)=CN)CC2)c1. The van der Waals surface area contributed by atoms with Gasteiger partial charge in [-0.05, 0) is 85.4 Å². The number of halogens is 1. The molecule has 7 heteroatoms. The number of pyridine rings is 1. The third kappa shape index (κ3) is 7.67. The molecule has 0 radical (unpaired) electrons. The summed E-state index contributed by atoms with van der Waals surface area (Å²) in [6.07, 6.45) is 5.64. The number of nitrogens with two attached hydrogens (primary N) is 1. The number of hydrogen-bond donors (Lipinski definition) is 2. The Labute approximate surface area is 189 Å². The van der Waals surface area contributed by atoms with E-state index in [0.29, 0.717) is 23.4 Å². The van der Waals surface area contributed by atoms with Crippen molar-refractivity contribution in [2.45, 2.75) is 44.4 Å². The Morgan fingerprint density at radius 1 is 1.29 bits per heavy atom. The summed E-state index contributed by atoms with van der Waals surface area (Å²) in [6.45, 7) is 7.54. The molecule has 3 rings (SSSR count). The van der Waals surface area contributed by atoms with Crippen LogP contribution in [0.3, 0.4) is 0 Å². The Balaban J connectivity index is 1.47. The van der Waals surface area contributed by atoms with Gasteiger partial charge in [0.2, 0.25) is 5.95 Å². The number of aliphatic imine (C=N–C) groups is 1. The molecule has 1 aromatic heterocycles. The van der Waals surface area contributed by atoms with Crippen LogP contribution in [0.5, 0.6) is 0 Å². The molecule has 0 amide bonds. The second-order valence-electron chi connectivity index (χ2n) is 8.11. The highest BCUT2D eigenvalue weighted by Gasteiger charge is 2.21. The molecule has 166 valence electrons. The lowest BCUT2D eigenvalue weighted by atomic mass is 9.89. The van der Waals surface area contributed by atoms with E-state index in [-0.39, 0.29) is 0 Å². The first-order valence-electron chi connectivity index (χ1n) is 10.8. The quantitative estimate of drug-likeness (QED) is 0.326. The minimum atomic E-state index is -0.481. The summed E-state index contributed by atoms with van der Waals surface area (Å²) in [5.41, 5.74) is 9.97. The van der Waals surface area contributed by atoms with Crippen molar-refractivity contribution in [1.82, 2.24) is 9.88 Å². The van der Waals surface area contributed by atoms with Crippen LogP contribution in [0.15, 0.2) is 59.2 Å². The van der Waals surface area contributed by atoms with Gasteiger partial charge in [0.1, 0.15) is 0 Å². The van der Waals surface area contributed by atoms with Crippen molar-refractivity contribution >= 4 is 23.8 Å². The van der Waals surface area contributed by atoms with Gasteiger partial charge < -0.3 is 10.5 Å². The summed E-state index contributed by atoms with van der Waals surface area (Å²) >= 11 is 1.74. The second-order valence-corrected chi connectivity index (χ2v) is 9.49. The molecular formula is C24H32FN5S. The van der Waals surface area contributed by atoms with Gasteiger partial charge in [-0.3, -0.25) is 9.89 Å². The van der Waals surface area contributed by atoms with Crippen LogP contribution in [0.2, 0.25) is 0 Å². The largest absolute Gasteiger partial charge is 0.404 e. The maximum Gasteiger partial charge on any atom is 0.213 e. The van der Waals surface area contributed by atoms with Gasteiger partial charge in [-0.1, -0.05) is 32.0 Å². The second kappa shape index (κ2) is 11.9. The topological polar surface area (TPSA) is 66.5 Å². The molecule has 31 heavy (non-hydrogen) atoms. The number of nitrogens with zero attached hydrogens (tertiary/aromatic N) is 3. The maximum absolute atomic E-state index is 13.2. The molecule has 0 bridgehead atoms. The summed E-state index contributed by atoms with van der Waals surface area (Å²) in [7, 11) is 0. The van der Waals surface area contributed by atoms with E-state index >= 15 is 0 Å². The first-order valence-corrected chi connectivity index (χ1v) is 11.7. The van der Waals surface area contributed by atoms with E-state index < -0.39 is 5.95 Å². The lowest BCUT2D eigenvalue weighted by Gasteiger charge is -2.32. The summed E-state index contributed by atoms with van der Waals surface area (Å²) in [5, 5.41) is 0.547. The molecule has 3 N–H and O–H groups in total. The molecular weight excluding hydrogens is 409 g/mol. The van der Waals surface area contributed by atoms with Gasteiger partial charge >= 0.3 is 0 Å². The first kappa shape index (κ1) is 23.3. The smallest absolute Gasteiger partial charge is 0.213 e. The highest BCUT2D eigenvalue weighted by molar-refractivity contribution is 8.01. The molecule has 0 unspecified atom stereocenters. The summed E-state index contributed by atoms with van der Waals surface area (Å²) < 4.78 is 16.6. The predicted octanol–water partition coefficient (Wildman–Crippen LogP) is 4.98. The van der Waals surface area contributed by atoms with E-state index in [1.807, 2.05) is 0 Å². The van der Waals surface area contributed by atoms with Crippen molar-refractivity contribution < 1.29 is 4.39 Å². The average Bonchev–Trinajstić information content (AvgIpc) is 2.78. The molecule has 0 saturated carbocycles. The van der Waals surface area contributed by atoms with Crippen LogP contribution in [0, 0.1) is 5.95 Å². The first-order chi connectivity index (χ1) is 15.0. The average molecular weight is 442 g/mol. The van der Waals surface area contributed by atoms with Crippen LogP contribution in [0.1, 0.15) is 43.9 Å². The van der Waals surface area contributed by atoms with E-state index in [1.54, 1.807) is 36.5 Å². The van der Waals surface area contributed by atoms with Crippen LogP contribution >= 0.6 is 11.9 Å². The maximum atomic E-state index is 13.2. The zero-order valence-corrected chi connectivity index (χ0v) is 19.1. The fourth-order valence-corrected chi connectivity index (χ4v) is 4.15. The Kier molecular flexibility index (Phi) is 8.91. The Morgan fingerprint density at radius 3 is 2.77 bits per heavy atom. The lowest BCUT2D eigenvalue weighted by molar-refractivity contribution is 0.230.